The molecule has 3 rings (SSSR count). The number of halogens is 1. The molecule has 1 amide bonds. The Bertz CT molecular complexity index is 771. The number of hydrogen-bond acceptors (Lipinski definition) is 5. The van der Waals surface area contributed by atoms with Crippen LogP contribution >= 0.6 is 11.6 Å². The third-order valence-corrected chi connectivity index (χ3v) is 3.29. The van der Waals surface area contributed by atoms with Crippen molar-refractivity contribution >= 4 is 29.1 Å². The second-order valence-corrected chi connectivity index (χ2v) is 5.15. The van der Waals surface area contributed by atoms with Crippen LogP contribution in [-0.4, -0.2) is 16.1 Å². The molecule has 116 valence electrons. The van der Waals surface area contributed by atoms with Crippen molar-refractivity contribution in [2.24, 2.45) is 0 Å². The van der Waals surface area contributed by atoms with Crippen LogP contribution in [0.15, 0.2) is 59.2 Å². The maximum Gasteiger partial charge on any atom is 0.292 e. The third-order valence-electron chi connectivity index (χ3n) is 3.04. The lowest BCUT2D eigenvalue weighted by molar-refractivity contribution is 0.0996. The fraction of sp³-hybridized carbons (Fsp3) is 0.0625. The largest absolute Gasteiger partial charge is 0.459 e. The van der Waals surface area contributed by atoms with Gasteiger partial charge in [-0.05, 0) is 42.0 Å². The van der Waals surface area contributed by atoms with Gasteiger partial charge in [-0.3, -0.25) is 4.79 Å². The van der Waals surface area contributed by atoms with E-state index in [1.165, 1.54) is 6.26 Å². The Hall–Kier alpha value is -2.86. The Balaban J connectivity index is 1.56. The first-order chi connectivity index (χ1) is 11.2. The van der Waals surface area contributed by atoms with Crippen molar-refractivity contribution in [3.05, 3.63) is 71.1 Å². The highest BCUT2D eigenvalue weighted by Gasteiger charge is 2.09. The van der Waals surface area contributed by atoms with E-state index in [9.17, 15) is 4.79 Å². The van der Waals surface area contributed by atoms with E-state index < -0.39 is 0 Å². The number of carbonyl (C=O) groups is 1. The van der Waals surface area contributed by atoms with E-state index in [0.29, 0.717) is 23.2 Å². The van der Waals surface area contributed by atoms with Crippen LogP contribution in [0.5, 0.6) is 0 Å². The molecular weight excluding hydrogens is 316 g/mol. The molecule has 0 saturated carbocycles. The predicted molar refractivity (Wildman–Crippen MR) is 87.5 cm³/mol. The Labute approximate surface area is 137 Å². The maximum absolute atomic E-state index is 11.8. The number of nitrogens with zero attached hydrogens (tertiary/aromatic N) is 2. The number of anilines is 2. The first-order valence-electron chi connectivity index (χ1n) is 6.87. The zero-order chi connectivity index (χ0) is 16.1. The van der Waals surface area contributed by atoms with Gasteiger partial charge in [0.05, 0.1) is 6.26 Å². The molecule has 0 spiro atoms. The van der Waals surface area contributed by atoms with Crippen LogP contribution in [0, 0.1) is 0 Å². The van der Waals surface area contributed by atoms with Crippen LogP contribution in [0.25, 0.3) is 0 Å². The lowest BCUT2D eigenvalue weighted by Gasteiger charge is -2.06. The van der Waals surface area contributed by atoms with Gasteiger partial charge >= 0.3 is 0 Å². The lowest BCUT2D eigenvalue weighted by Crippen LogP contribution is -2.13. The average molecular weight is 329 g/mol. The summed E-state index contributed by atoms with van der Waals surface area (Å²) in [4.78, 5) is 11.8. The second-order valence-electron chi connectivity index (χ2n) is 4.72. The molecule has 6 nitrogen and oxygen atoms in total. The first kappa shape index (κ1) is 15.1. The van der Waals surface area contributed by atoms with Crippen molar-refractivity contribution in [3.8, 4) is 0 Å². The molecule has 0 atom stereocenters. The minimum absolute atomic E-state index is 0.219. The van der Waals surface area contributed by atoms with E-state index in [1.807, 2.05) is 24.3 Å². The molecule has 0 aliphatic carbocycles. The van der Waals surface area contributed by atoms with Gasteiger partial charge in [0.2, 0.25) is 0 Å². The van der Waals surface area contributed by atoms with E-state index in [0.717, 1.165) is 5.56 Å². The van der Waals surface area contributed by atoms with E-state index >= 15 is 0 Å². The summed E-state index contributed by atoms with van der Waals surface area (Å²) < 4.78 is 5.01. The molecule has 0 aliphatic rings. The molecule has 0 saturated heterocycles. The average Bonchev–Trinajstić information content (AvgIpc) is 3.10. The summed E-state index contributed by atoms with van der Waals surface area (Å²) in [5.74, 6) is 0.808. The Morgan fingerprint density at radius 3 is 2.43 bits per heavy atom. The first-order valence-corrected chi connectivity index (χ1v) is 7.25. The lowest BCUT2D eigenvalue weighted by atomic mass is 10.2. The highest BCUT2D eigenvalue weighted by atomic mass is 35.5. The van der Waals surface area contributed by atoms with Gasteiger partial charge in [-0.25, -0.2) is 0 Å². The molecule has 0 unspecified atom stereocenters. The summed E-state index contributed by atoms with van der Waals surface area (Å²) in [6.45, 7) is 0.601. The van der Waals surface area contributed by atoms with Crippen molar-refractivity contribution in [3.63, 3.8) is 0 Å². The van der Waals surface area contributed by atoms with Crippen LogP contribution in [0.3, 0.4) is 0 Å². The number of benzene rings is 1. The molecule has 23 heavy (non-hydrogen) atoms. The van der Waals surface area contributed by atoms with Gasteiger partial charge in [0.15, 0.2) is 11.6 Å². The van der Waals surface area contributed by atoms with Crippen LogP contribution in [0.1, 0.15) is 16.1 Å². The van der Waals surface area contributed by atoms with Crippen molar-refractivity contribution in [2.45, 2.75) is 6.54 Å². The number of hydrogen-bond donors (Lipinski definition) is 2. The van der Waals surface area contributed by atoms with Crippen LogP contribution in [0.4, 0.5) is 11.6 Å². The standard InChI is InChI=1S/C16H13ClN4O2/c17-12-5-3-11(4-6-12)10-18-14-7-8-15(21-20-14)19-16(22)13-2-1-9-23-13/h1-9H,10H2,(H,18,20)(H,19,21,22). The van der Waals surface area contributed by atoms with Crippen molar-refractivity contribution < 1.29 is 9.21 Å². The van der Waals surface area contributed by atoms with E-state index in [-0.39, 0.29) is 11.7 Å². The van der Waals surface area contributed by atoms with Gasteiger partial charge < -0.3 is 15.1 Å². The minimum atomic E-state index is -0.369. The fourth-order valence-corrected chi connectivity index (χ4v) is 2.00. The SMILES string of the molecule is O=C(Nc1ccc(NCc2ccc(Cl)cc2)nn1)c1ccco1. The van der Waals surface area contributed by atoms with Crippen LogP contribution in [0.2, 0.25) is 5.02 Å². The quantitative estimate of drug-likeness (QED) is 0.748. The number of rotatable bonds is 5. The smallest absolute Gasteiger partial charge is 0.292 e. The molecule has 0 bridgehead atoms. The number of carbonyl (C=O) groups excluding carboxylic acids is 1. The van der Waals surface area contributed by atoms with Gasteiger partial charge in [0.1, 0.15) is 5.82 Å². The summed E-state index contributed by atoms with van der Waals surface area (Å²) in [6, 6.07) is 14.1. The molecule has 3 aromatic rings. The summed E-state index contributed by atoms with van der Waals surface area (Å²) in [5.41, 5.74) is 1.08. The zero-order valence-corrected chi connectivity index (χ0v) is 12.7. The van der Waals surface area contributed by atoms with Crippen molar-refractivity contribution in [1.29, 1.82) is 0 Å². The molecular formula is C16H13ClN4O2. The van der Waals surface area contributed by atoms with Gasteiger partial charge in [-0.2, -0.15) is 0 Å². The molecule has 0 fully saturated rings. The number of amides is 1. The highest BCUT2D eigenvalue weighted by Crippen LogP contribution is 2.12. The molecule has 2 heterocycles. The van der Waals surface area contributed by atoms with Gasteiger partial charge in [0.25, 0.3) is 5.91 Å². The van der Waals surface area contributed by atoms with E-state index in [4.69, 9.17) is 16.0 Å². The summed E-state index contributed by atoms with van der Waals surface area (Å²) in [6.07, 6.45) is 1.43. The Morgan fingerprint density at radius 2 is 1.78 bits per heavy atom. The zero-order valence-electron chi connectivity index (χ0n) is 12.0. The molecule has 2 aromatic heterocycles. The molecule has 0 aliphatic heterocycles. The summed E-state index contributed by atoms with van der Waals surface area (Å²) in [7, 11) is 0. The molecule has 1 aromatic carbocycles. The van der Waals surface area contributed by atoms with E-state index in [1.54, 1.807) is 24.3 Å². The Kier molecular flexibility index (Phi) is 4.54. The second kappa shape index (κ2) is 6.93. The third kappa shape index (κ3) is 4.08. The fourth-order valence-electron chi connectivity index (χ4n) is 1.87. The monoisotopic (exact) mass is 328 g/mol. The number of nitrogens with one attached hydrogen (secondary N) is 2. The summed E-state index contributed by atoms with van der Waals surface area (Å²) in [5, 5.41) is 14.4. The summed E-state index contributed by atoms with van der Waals surface area (Å²) >= 11 is 5.84. The molecule has 2 N–H and O–H groups in total. The van der Waals surface area contributed by atoms with Crippen LogP contribution in [-0.2, 0) is 6.54 Å². The predicted octanol–water partition coefficient (Wildman–Crippen LogP) is 3.59. The molecule has 7 heteroatoms. The minimum Gasteiger partial charge on any atom is -0.459 e. The molecule has 0 radical (unpaired) electrons. The van der Waals surface area contributed by atoms with E-state index in [2.05, 4.69) is 20.8 Å². The number of furan rings is 1. The van der Waals surface area contributed by atoms with Gasteiger partial charge in [-0.15, -0.1) is 10.2 Å². The topological polar surface area (TPSA) is 80.0 Å². The van der Waals surface area contributed by atoms with Gasteiger partial charge in [0, 0.05) is 11.6 Å². The van der Waals surface area contributed by atoms with Crippen molar-refractivity contribution in [2.75, 3.05) is 10.6 Å². The normalized spacial score (nSPS) is 10.3. The van der Waals surface area contributed by atoms with Crippen molar-refractivity contribution in [1.82, 2.24) is 10.2 Å². The van der Waals surface area contributed by atoms with Crippen LogP contribution < -0.4 is 10.6 Å². The maximum atomic E-state index is 11.8. The Morgan fingerprint density at radius 1 is 1.04 bits per heavy atom. The number of aromatic nitrogens is 2. The highest BCUT2D eigenvalue weighted by molar-refractivity contribution is 6.30. The van der Waals surface area contributed by atoms with Gasteiger partial charge in [-0.1, -0.05) is 23.7 Å².